The molecule has 0 saturated heterocycles. The second kappa shape index (κ2) is 6.89. The molecule has 5 nitrogen and oxygen atoms in total. The Morgan fingerprint density at radius 1 is 1.52 bits per heavy atom. The molecule has 2 aromatic rings. The molecule has 110 valence electrons. The molecule has 0 spiro atoms. The fraction of sp³-hybridized carbons (Fsp3) is 0.154. The standard InChI is InChI=1S/C13H12Cl2N4OS/c1-2-6-19-10(17-18-13(19)21)7-11(20)16-9-5-3-4-8(14)12(9)15/h2-5H,1,6-7H2,(H,16,20)(H,18,21). The molecule has 2 rings (SSSR count). The highest BCUT2D eigenvalue weighted by Gasteiger charge is 2.13. The Balaban J connectivity index is 2.14. The van der Waals surface area contributed by atoms with Gasteiger partial charge in [0.05, 0.1) is 22.2 Å². The van der Waals surface area contributed by atoms with E-state index in [1.54, 1.807) is 28.8 Å². The van der Waals surface area contributed by atoms with Gasteiger partial charge >= 0.3 is 0 Å². The Bertz CT molecular complexity index is 738. The Kier molecular flexibility index (Phi) is 5.17. The summed E-state index contributed by atoms with van der Waals surface area (Å²) in [5.74, 6) is 0.258. The predicted octanol–water partition coefficient (Wildman–Crippen LogP) is 3.61. The molecule has 0 aliphatic carbocycles. The number of amides is 1. The van der Waals surface area contributed by atoms with E-state index < -0.39 is 0 Å². The van der Waals surface area contributed by atoms with Gasteiger partial charge in [0.2, 0.25) is 5.91 Å². The van der Waals surface area contributed by atoms with Crippen molar-refractivity contribution in [3.63, 3.8) is 0 Å². The fourth-order valence-corrected chi connectivity index (χ4v) is 2.31. The number of allylic oxidation sites excluding steroid dienone is 1. The number of nitrogens with zero attached hydrogens (tertiary/aromatic N) is 2. The van der Waals surface area contributed by atoms with E-state index in [2.05, 4.69) is 22.1 Å². The second-order valence-corrected chi connectivity index (χ2v) is 5.34. The lowest BCUT2D eigenvalue weighted by molar-refractivity contribution is -0.115. The first-order valence-electron chi connectivity index (χ1n) is 6.01. The molecule has 0 saturated carbocycles. The highest BCUT2D eigenvalue weighted by molar-refractivity contribution is 7.71. The van der Waals surface area contributed by atoms with E-state index in [9.17, 15) is 4.79 Å². The van der Waals surface area contributed by atoms with Crippen LogP contribution in [0.25, 0.3) is 0 Å². The number of hydrogen-bond acceptors (Lipinski definition) is 3. The van der Waals surface area contributed by atoms with Gasteiger partial charge in [-0.25, -0.2) is 0 Å². The van der Waals surface area contributed by atoms with Crippen molar-refractivity contribution in [3.8, 4) is 0 Å². The first-order chi connectivity index (χ1) is 10.0. The van der Waals surface area contributed by atoms with E-state index in [0.717, 1.165) is 0 Å². The van der Waals surface area contributed by atoms with E-state index in [0.29, 0.717) is 32.9 Å². The average molecular weight is 343 g/mol. The van der Waals surface area contributed by atoms with Crippen molar-refractivity contribution in [1.82, 2.24) is 14.8 Å². The molecule has 1 aromatic heterocycles. The van der Waals surface area contributed by atoms with Crippen LogP contribution >= 0.6 is 35.4 Å². The number of H-pyrrole nitrogens is 1. The van der Waals surface area contributed by atoms with E-state index in [-0.39, 0.29) is 12.3 Å². The summed E-state index contributed by atoms with van der Waals surface area (Å²) >= 11 is 17.0. The Labute approximate surface area is 136 Å². The van der Waals surface area contributed by atoms with Crippen molar-refractivity contribution in [2.75, 3.05) is 5.32 Å². The molecule has 1 amide bonds. The van der Waals surface area contributed by atoms with Crippen LogP contribution in [0.4, 0.5) is 5.69 Å². The van der Waals surface area contributed by atoms with Crippen molar-refractivity contribution in [2.24, 2.45) is 0 Å². The van der Waals surface area contributed by atoms with E-state index >= 15 is 0 Å². The van der Waals surface area contributed by atoms with Crippen LogP contribution in [0.15, 0.2) is 30.9 Å². The van der Waals surface area contributed by atoms with Crippen LogP contribution in [0, 0.1) is 4.77 Å². The third kappa shape index (κ3) is 3.72. The maximum Gasteiger partial charge on any atom is 0.232 e. The minimum Gasteiger partial charge on any atom is -0.324 e. The predicted molar refractivity (Wildman–Crippen MR) is 86.4 cm³/mol. The number of rotatable bonds is 5. The first-order valence-corrected chi connectivity index (χ1v) is 7.18. The lowest BCUT2D eigenvalue weighted by Gasteiger charge is -2.08. The maximum absolute atomic E-state index is 12.1. The largest absolute Gasteiger partial charge is 0.324 e. The SMILES string of the molecule is C=CCn1c(CC(=O)Nc2cccc(Cl)c2Cl)n[nH]c1=S. The van der Waals surface area contributed by atoms with Crippen LogP contribution in [0.1, 0.15) is 5.82 Å². The van der Waals surface area contributed by atoms with Crippen LogP contribution in [0.5, 0.6) is 0 Å². The molecule has 0 unspecified atom stereocenters. The Morgan fingerprint density at radius 2 is 2.29 bits per heavy atom. The molecule has 8 heteroatoms. The third-order valence-corrected chi connectivity index (χ3v) is 3.82. The van der Waals surface area contributed by atoms with Crippen molar-refractivity contribution in [1.29, 1.82) is 0 Å². The monoisotopic (exact) mass is 342 g/mol. The van der Waals surface area contributed by atoms with Crippen molar-refractivity contribution in [2.45, 2.75) is 13.0 Å². The zero-order valence-electron chi connectivity index (χ0n) is 10.9. The number of aromatic nitrogens is 3. The van der Waals surface area contributed by atoms with Gasteiger partial charge < -0.3 is 5.32 Å². The normalized spacial score (nSPS) is 10.4. The Morgan fingerprint density at radius 3 is 3.00 bits per heavy atom. The number of anilines is 1. The number of halogens is 2. The van der Waals surface area contributed by atoms with Gasteiger partial charge in [0.15, 0.2) is 4.77 Å². The summed E-state index contributed by atoms with van der Waals surface area (Å²) in [5.41, 5.74) is 0.457. The van der Waals surface area contributed by atoms with Gasteiger partial charge in [0.1, 0.15) is 5.82 Å². The summed E-state index contributed by atoms with van der Waals surface area (Å²) in [6, 6.07) is 5.03. The lowest BCUT2D eigenvalue weighted by Crippen LogP contribution is -2.17. The molecule has 1 heterocycles. The van der Waals surface area contributed by atoms with Crippen LogP contribution < -0.4 is 5.32 Å². The van der Waals surface area contributed by atoms with Crippen LogP contribution in [-0.4, -0.2) is 20.7 Å². The van der Waals surface area contributed by atoms with Crippen LogP contribution in [0.3, 0.4) is 0 Å². The molecule has 1 aromatic carbocycles. The molecule has 0 fully saturated rings. The summed E-state index contributed by atoms with van der Waals surface area (Å²) in [6.45, 7) is 4.13. The zero-order valence-corrected chi connectivity index (χ0v) is 13.2. The summed E-state index contributed by atoms with van der Waals surface area (Å²) < 4.78 is 2.14. The molecular weight excluding hydrogens is 331 g/mol. The van der Waals surface area contributed by atoms with Crippen molar-refractivity contribution >= 4 is 47.0 Å². The smallest absolute Gasteiger partial charge is 0.232 e. The quantitative estimate of drug-likeness (QED) is 0.644. The molecule has 0 radical (unpaired) electrons. The number of aromatic amines is 1. The van der Waals surface area contributed by atoms with Gasteiger partial charge in [-0.3, -0.25) is 14.5 Å². The molecule has 0 bridgehead atoms. The molecule has 0 aliphatic rings. The second-order valence-electron chi connectivity index (χ2n) is 4.17. The van der Waals surface area contributed by atoms with Crippen LogP contribution in [0.2, 0.25) is 10.0 Å². The third-order valence-electron chi connectivity index (χ3n) is 2.69. The lowest BCUT2D eigenvalue weighted by atomic mass is 10.3. The van der Waals surface area contributed by atoms with E-state index in [1.807, 2.05) is 0 Å². The highest BCUT2D eigenvalue weighted by atomic mass is 35.5. The summed E-state index contributed by atoms with van der Waals surface area (Å²) in [5, 5.41) is 10.1. The van der Waals surface area contributed by atoms with Crippen molar-refractivity contribution in [3.05, 3.63) is 51.5 Å². The van der Waals surface area contributed by atoms with Gasteiger partial charge in [-0.1, -0.05) is 35.3 Å². The van der Waals surface area contributed by atoms with Gasteiger partial charge in [-0.05, 0) is 24.4 Å². The number of carbonyl (C=O) groups is 1. The first kappa shape index (κ1) is 15.8. The number of nitrogens with one attached hydrogen (secondary N) is 2. The minimum absolute atomic E-state index is 0.0593. The molecular formula is C13H12Cl2N4OS. The van der Waals surface area contributed by atoms with Gasteiger partial charge in [0.25, 0.3) is 0 Å². The van der Waals surface area contributed by atoms with E-state index in [1.165, 1.54) is 0 Å². The molecule has 2 N–H and O–H groups in total. The molecule has 0 atom stereocenters. The highest BCUT2D eigenvalue weighted by Crippen LogP contribution is 2.29. The fourth-order valence-electron chi connectivity index (χ4n) is 1.74. The van der Waals surface area contributed by atoms with Crippen LogP contribution in [-0.2, 0) is 17.8 Å². The number of carbonyl (C=O) groups excluding carboxylic acids is 1. The molecule has 21 heavy (non-hydrogen) atoms. The van der Waals surface area contributed by atoms with Crippen molar-refractivity contribution < 1.29 is 4.79 Å². The summed E-state index contributed by atoms with van der Waals surface area (Å²) in [4.78, 5) is 12.1. The number of hydrogen-bond donors (Lipinski definition) is 2. The van der Waals surface area contributed by atoms with Gasteiger partial charge in [-0.2, -0.15) is 5.10 Å². The zero-order chi connectivity index (χ0) is 15.4. The molecule has 0 aliphatic heterocycles. The van der Waals surface area contributed by atoms with Gasteiger partial charge in [0, 0.05) is 6.54 Å². The summed E-state index contributed by atoms with van der Waals surface area (Å²) in [7, 11) is 0. The summed E-state index contributed by atoms with van der Waals surface area (Å²) in [6.07, 6.45) is 1.74. The average Bonchev–Trinajstić information content (AvgIpc) is 2.77. The maximum atomic E-state index is 12.1. The minimum atomic E-state index is -0.265. The van der Waals surface area contributed by atoms with E-state index in [4.69, 9.17) is 35.4 Å². The Hall–Kier alpha value is -1.63. The topological polar surface area (TPSA) is 62.7 Å². The van der Waals surface area contributed by atoms with Gasteiger partial charge in [-0.15, -0.1) is 6.58 Å². The number of benzene rings is 1.